The first kappa shape index (κ1) is 24.6. The molecule has 7 aromatic carbocycles. The molecule has 2 aliphatic rings. The van der Waals surface area contributed by atoms with Gasteiger partial charge in [0.15, 0.2) is 0 Å². The van der Waals surface area contributed by atoms with Crippen molar-refractivity contribution < 1.29 is 0 Å². The molecule has 1 aliphatic carbocycles. The number of para-hydroxylation sites is 4. The van der Waals surface area contributed by atoms with Gasteiger partial charge in [-0.3, -0.25) is 0 Å². The molecular formula is C43H28N2. The molecule has 2 nitrogen and oxygen atoms in total. The van der Waals surface area contributed by atoms with E-state index in [4.69, 9.17) is 0 Å². The largest absolute Gasteiger partial charge is 0.310 e. The van der Waals surface area contributed by atoms with Gasteiger partial charge in [0.1, 0.15) is 0 Å². The molecule has 45 heavy (non-hydrogen) atoms. The molecule has 0 saturated carbocycles. The van der Waals surface area contributed by atoms with E-state index in [0.29, 0.717) is 0 Å². The summed E-state index contributed by atoms with van der Waals surface area (Å²) >= 11 is 0. The van der Waals surface area contributed by atoms with Crippen molar-refractivity contribution in [3.05, 3.63) is 192 Å². The molecule has 10 rings (SSSR count). The summed E-state index contributed by atoms with van der Waals surface area (Å²) in [5.74, 6) is 0. The molecule has 1 aromatic heterocycles. The zero-order chi connectivity index (χ0) is 29.5. The Bertz CT molecular complexity index is 2300. The van der Waals surface area contributed by atoms with Crippen molar-refractivity contribution in [2.45, 2.75) is 5.41 Å². The van der Waals surface area contributed by atoms with Gasteiger partial charge < -0.3 is 9.47 Å². The molecule has 8 aromatic rings. The third kappa shape index (κ3) is 3.13. The van der Waals surface area contributed by atoms with E-state index < -0.39 is 0 Å². The minimum Gasteiger partial charge on any atom is -0.310 e. The average Bonchev–Trinajstić information content (AvgIpc) is 3.60. The minimum atomic E-state index is -0.389. The van der Waals surface area contributed by atoms with Gasteiger partial charge in [-0.1, -0.05) is 121 Å². The topological polar surface area (TPSA) is 8.17 Å². The smallest absolute Gasteiger partial charge is 0.0754 e. The van der Waals surface area contributed by atoms with Crippen LogP contribution in [0.2, 0.25) is 0 Å². The summed E-state index contributed by atoms with van der Waals surface area (Å²) in [6.45, 7) is 0. The van der Waals surface area contributed by atoms with Crippen LogP contribution in [-0.4, -0.2) is 4.57 Å². The van der Waals surface area contributed by atoms with Crippen LogP contribution in [0.5, 0.6) is 0 Å². The second kappa shape index (κ2) is 9.07. The van der Waals surface area contributed by atoms with E-state index in [9.17, 15) is 0 Å². The average molecular weight is 573 g/mol. The number of hydrogen-bond donors (Lipinski definition) is 0. The first-order chi connectivity index (χ1) is 22.4. The van der Waals surface area contributed by atoms with Gasteiger partial charge >= 0.3 is 0 Å². The highest BCUT2D eigenvalue weighted by Crippen LogP contribution is 2.63. The molecule has 2 heterocycles. The highest BCUT2D eigenvalue weighted by Gasteiger charge is 2.51. The van der Waals surface area contributed by atoms with Crippen molar-refractivity contribution in [1.82, 2.24) is 4.57 Å². The van der Waals surface area contributed by atoms with E-state index in [0.717, 1.165) is 11.4 Å². The molecule has 0 amide bonds. The number of rotatable bonds is 2. The summed E-state index contributed by atoms with van der Waals surface area (Å²) in [6.07, 6.45) is 0. The quantitative estimate of drug-likeness (QED) is 0.200. The number of nitrogens with zero attached hydrogens (tertiary/aromatic N) is 2. The molecular weight excluding hydrogens is 544 g/mol. The van der Waals surface area contributed by atoms with Gasteiger partial charge in [0, 0.05) is 22.1 Å². The van der Waals surface area contributed by atoms with E-state index in [-0.39, 0.29) is 5.41 Å². The van der Waals surface area contributed by atoms with Crippen molar-refractivity contribution in [3.8, 4) is 16.8 Å². The van der Waals surface area contributed by atoms with Crippen LogP contribution in [0.25, 0.3) is 38.6 Å². The lowest BCUT2D eigenvalue weighted by Gasteiger charge is -2.45. The summed E-state index contributed by atoms with van der Waals surface area (Å²) < 4.78 is 2.38. The van der Waals surface area contributed by atoms with E-state index in [1.165, 1.54) is 66.6 Å². The maximum absolute atomic E-state index is 2.45. The predicted molar refractivity (Wildman–Crippen MR) is 186 cm³/mol. The second-order valence-corrected chi connectivity index (χ2v) is 12.1. The van der Waals surface area contributed by atoms with Crippen LogP contribution in [0.3, 0.4) is 0 Å². The summed E-state index contributed by atoms with van der Waals surface area (Å²) in [5.41, 5.74) is 14.8. The molecule has 0 N–H and O–H groups in total. The van der Waals surface area contributed by atoms with Gasteiger partial charge in [-0.2, -0.15) is 0 Å². The maximum Gasteiger partial charge on any atom is 0.0754 e. The highest BCUT2D eigenvalue weighted by atomic mass is 15.2. The van der Waals surface area contributed by atoms with Crippen LogP contribution in [0.4, 0.5) is 17.1 Å². The lowest BCUT2D eigenvalue weighted by Crippen LogP contribution is -2.36. The van der Waals surface area contributed by atoms with Crippen LogP contribution >= 0.6 is 0 Å². The Morgan fingerprint density at radius 1 is 0.333 bits per heavy atom. The fourth-order valence-corrected chi connectivity index (χ4v) is 8.29. The number of benzene rings is 7. The zero-order valence-corrected chi connectivity index (χ0v) is 24.6. The molecule has 0 saturated heterocycles. The fourth-order valence-electron chi connectivity index (χ4n) is 8.29. The summed E-state index contributed by atoms with van der Waals surface area (Å²) in [5, 5.41) is 2.55. The van der Waals surface area contributed by atoms with Crippen molar-refractivity contribution in [3.63, 3.8) is 0 Å². The molecule has 2 heteroatoms. The molecule has 1 spiro atoms. The maximum atomic E-state index is 2.45. The van der Waals surface area contributed by atoms with E-state index in [1.807, 2.05) is 0 Å². The van der Waals surface area contributed by atoms with E-state index in [2.05, 4.69) is 179 Å². The first-order valence-corrected chi connectivity index (χ1v) is 15.6. The monoisotopic (exact) mass is 572 g/mol. The molecule has 0 radical (unpaired) electrons. The lowest BCUT2D eigenvalue weighted by molar-refractivity contribution is 0.752. The molecule has 0 unspecified atom stereocenters. The van der Waals surface area contributed by atoms with Crippen molar-refractivity contribution in [2.24, 2.45) is 0 Å². The van der Waals surface area contributed by atoms with Crippen molar-refractivity contribution in [2.75, 3.05) is 4.90 Å². The van der Waals surface area contributed by atoms with Gasteiger partial charge in [-0.05, 0) is 81.9 Å². The Kier molecular flexibility index (Phi) is 4.95. The van der Waals surface area contributed by atoms with Gasteiger partial charge in [0.25, 0.3) is 0 Å². The van der Waals surface area contributed by atoms with Crippen LogP contribution < -0.4 is 4.90 Å². The molecule has 0 atom stereocenters. The van der Waals surface area contributed by atoms with Gasteiger partial charge in [-0.15, -0.1) is 0 Å². The number of aromatic nitrogens is 1. The molecule has 0 bridgehead atoms. The standard InChI is InChI=1S/C43H28N2/c1-5-17-35-31(13-1)32-14-2-6-18-36(32)43(35)37-19-7-11-23-41(37)45(42-24-12-8-20-38(42)43)30-27-25-29(26-28-30)44-39-21-9-3-15-33(39)34-16-4-10-22-40(34)44/h1-28H. The second-order valence-electron chi connectivity index (χ2n) is 12.1. The molecule has 210 valence electrons. The Morgan fingerprint density at radius 3 is 1.27 bits per heavy atom. The Hall–Kier alpha value is -5.86. The van der Waals surface area contributed by atoms with Gasteiger partial charge in [-0.25, -0.2) is 0 Å². The fraction of sp³-hybridized carbons (Fsp3) is 0.0233. The number of fused-ring (bicyclic) bond motifs is 12. The molecule has 0 fully saturated rings. The van der Waals surface area contributed by atoms with Gasteiger partial charge in [0.2, 0.25) is 0 Å². The number of anilines is 3. The van der Waals surface area contributed by atoms with Gasteiger partial charge in [0.05, 0.1) is 27.8 Å². The summed E-state index contributed by atoms with van der Waals surface area (Å²) in [6, 6.07) is 62.4. The molecule has 1 aliphatic heterocycles. The third-order valence-corrected chi connectivity index (χ3v) is 10.00. The van der Waals surface area contributed by atoms with E-state index >= 15 is 0 Å². The summed E-state index contributed by atoms with van der Waals surface area (Å²) in [7, 11) is 0. The Morgan fingerprint density at radius 2 is 0.733 bits per heavy atom. The van der Waals surface area contributed by atoms with E-state index in [1.54, 1.807) is 0 Å². The van der Waals surface area contributed by atoms with Crippen molar-refractivity contribution in [1.29, 1.82) is 0 Å². The van der Waals surface area contributed by atoms with Crippen LogP contribution in [0.15, 0.2) is 170 Å². The first-order valence-electron chi connectivity index (χ1n) is 15.6. The van der Waals surface area contributed by atoms with Crippen LogP contribution in [0, 0.1) is 0 Å². The highest BCUT2D eigenvalue weighted by molar-refractivity contribution is 6.09. The number of hydrogen-bond acceptors (Lipinski definition) is 1. The summed E-state index contributed by atoms with van der Waals surface area (Å²) in [4.78, 5) is 2.45. The third-order valence-electron chi connectivity index (χ3n) is 10.00. The Labute approximate surface area is 262 Å². The van der Waals surface area contributed by atoms with Crippen LogP contribution in [0.1, 0.15) is 22.3 Å². The SMILES string of the molecule is c1ccc2c(c1)-c1ccccc1C21c2ccccc2N(c2ccc(-n3c4ccccc4c4ccccc43)cc2)c2ccccc21. The van der Waals surface area contributed by atoms with Crippen LogP contribution in [-0.2, 0) is 5.41 Å². The zero-order valence-electron chi connectivity index (χ0n) is 24.6. The Balaban J connectivity index is 1.20. The lowest BCUT2D eigenvalue weighted by atomic mass is 9.64. The normalized spacial score (nSPS) is 13.9. The predicted octanol–water partition coefficient (Wildman–Crippen LogP) is 10.9. The van der Waals surface area contributed by atoms with Crippen molar-refractivity contribution >= 4 is 38.9 Å². The minimum absolute atomic E-state index is 0.389.